The lowest BCUT2D eigenvalue weighted by molar-refractivity contribution is 0.101. The average molecular weight is 560 g/mol. The number of aromatic nitrogens is 2. The van der Waals surface area contributed by atoms with Crippen LogP contribution >= 0.6 is 0 Å². The molecule has 1 aliphatic heterocycles. The normalized spacial score (nSPS) is 13.1. The SMILES string of the molecule is Cc1ccc(C(=O)Nc2ccc(N3CCOCC3)cc2)cc1-c1ccc(NC(=O)c2nc3ccccc3nc2O)cc1. The predicted octanol–water partition coefficient (Wildman–Crippen LogP) is 5.65. The maximum Gasteiger partial charge on any atom is 0.279 e. The number of benzene rings is 4. The minimum Gasteiger partial charge on any atom is -0.492 e. The fourth-order valence-electron chi connectivity index (χ4n) is 4.92. The number of aromatic hydroxyl groups is 1. The Kier molecular flexibility index (Phi) is 7.49. The van der Waals surface area contributed by atoms with Gasteiger partial charge in [0.2, 0.25) is 5.88 Å². The van der Waals surface area contributed by atoms with Crippen LogP contribution in [0.15, 0.2) is 91.0 Å². The molecule has 0 atom stereocenters. The first kappa shape index (κ1) is 26.9. The zero-order chi connectivity index (χ0) is 29.1. The molecule has 0 saturated carbocycles. The van der Waals surface area contributed by atoms with Gasteiger partial charge in [-0.05, 0) is 84.3 Å². The van der Waals surface area contributed by atoms with Crippen LogP contribution < -0.4 is 15.5 Å². The van der Waals surface area contributed by atoms with E-state index in [4.69, 9.17) is 4.74 Å². The van der Waals surface area contributed by atoms with Crippen LogP contribution in [-0.2, 0) is 4.74 Å². The van der Waals surface area contributed by atoms with Gasteiger partial charge < -0.3 is 25.4 Å². The van der Waals surface area contributed by atoms with Crippen molar-refractivity contribution in [2.75, 3.05) is 41.8 Å². The van der Waals surface area contributed by atoms with Gasteiger partial charge >= 0.3 is 0 Å². The summed E-state index contributed by atoms with van der Waals surface area (Å²) in [7, 11) is 0. The molecule has 0 spiro atoms. The van der Waals surface area contributed by atoms with Crippen molar-refractivity contribution in [3.05, 3.63) is 108 Å². The Hall–Kier alpha value is -5.28. The third-order valence-corrected chi connectivity index (χ3v) is 7.22. The average Bonchev–Trinajstić information content (AvgIpc) is 3.02. The van der Waals surface area contributed by atoms with Crippen LogP contribution in [0.4, 0.5) is 17.1 Å². The summed E-state index contributed by atoms with van der Waals surface area (Å²) in [6.07, 6.45) is 0. The molecule has 0 bridgehead atoms. The van der Waals surface area contributed by atoms with Gasteiger partial charge in [0, 0.05) is 35.7 Å². The smallest absolute Gasteiger partial charge is 0.279 e. The zero-order valence-electron chi connectivity index (χ0n) is 23.0. The maximum absolute atomic E-state index is 13.1. The molecule has 9 nitrogen and oxygen atoms in total. The lowest BCUT2D eigenvalue weighted by Crippen LogP contribution is -2.36. The highest BCUT2D eigenvalue weighted by molar-refractivity contribution is 6.06. The number of hydrogen-bond donors (Lipinski definition) is 3. The van der Waals surface area contributed by atoms with Crippen LogP contribution in [0.25, 0.3) is 22.2 Å². The molecule has 3 N–H and O–H groups in total. The first-order valence-electron chi connectivity index (χ1n) is 13.7. The molecule has 6 rings (SSSR count). The number of morpholine rings is 1. The molecule has 1 fully saturated rings. The van der Waals surface area contributed by atoms with E-state index in [0.717, 1.165) is 54.4 Å². The first-order valence-corrected chi connectivity index (χ1v) is 13.7. The molecule has 4 aromatic carbocycles. The summed E-state index contributed by atoms with van der Waals surface area (Å²) in [5, 5.41) is 16.0. The molecule has 210 valence electrons. The first-order chi connectivity index (χ1) is 20.4. The predicted molar refractivity (Wildman–Crippen MR) is 163 cm³/mol. The van der Waals surface area contributed by atoms with Gasteiger partial charge in [-0.25, -0.2) is 9.97 Å². The maximum atomic E-state index is 13.1. The fourth-order valence-corrected chi connectivity index (χ4v) is 4.92. The largest absolute Gasteiger partial charge is 0.492 e. The quantitative estimate of drug-likeness (QED) is 0.246. The highest BCUT2D eigenvalue weighted by atomic mass is 16.5. The summed E-state index contributed by atoms with van der Waals surface area (Å²) in [5.74, 6) is -1.19. The van der Waals surface area contributed by atoms with Crippen molar-refractivity contribution in [2.45, 2.75) is 6.92 Å². The molecule has 2 amide bonds. The van der Waals surface area contributed by atoms with Crippen molar-refractivity contribution in [1.82, 2.24) is 9.97 Å². The number of rotatable bonds is 6. The minimum atomic E-state index is -0.564. The van der Waals surface area contributed by atoms with Crippen molar-refractivity contribution >= 4 is 39.9 Å². The van der Waals surface area contributed by atoms with Gasteiger partial charge in [0.05, 0.1) is 24.2 Å². The Labute approximate surface area is 242 Å². The molecule has 0 radical (unpaired) electrons. The standard InChI is InChI=1S/C33H29N5O4/c1-21-6-7-23(31(39)34-25-12-14-26(15-13-25)38-16-18-42-19-17-38)20-27(21)22-8-10-24(11-9-22)35-32(40)30-33(41)37-29-5-3-2-4-28(29)36-30/h2-15,20H,16-19H2,1H3,(H,34,39)(H,35,40)(H,37,41). The summed E-state index contributed by atoms with van der Waals surface area (Å²) < 4.78 is 5.42. The Balaban J connectivity index is 1.14. The summed E-state index contributed by atoms with van der Waals surface area (Å²) in [6.45, 7) is 5.13. The zero-order valence-corrected chi connectivity index (χ0v) is 23.0. The number of carbonyl (C=O) groups excluding carboxylic acids is 2. The highest BCUT2D eigenvalue weighted by Crippen LogP contribution is 2.27. The van der Waals surface area contributed by atoms with E-state index in [1.165, 1.54) is 0 Å². The van der Waals surface area contributed by atoms with Crippen LogP contribution in [0.2, 0.25) is 0 Å². The Morgan fingerprint density at radius 3 is 2.10 bits per heavy atom. The second-order valence-corrected chi connectivity index (χ2v) is 10.0. The molecule has 42 heavy (non-hydrogen) atoms. The number of anilines is 3. The number of fused-ring (bicyclic) bond motifs is 1. The van der Waals surface area contributed by atoms with Crippen LogP contribution in [0.3, 0.4) is 0 Å². The number of ether oxygens (including phenoxy) is 1. The van der Waals surface area contributed by atoms with Crippen molar-refractivity contribution in [2.24, 2.45) is 0 Å². The lowest BCUT2D eigenvalue weighted by atomic mass is 9.97. The number of para-hydroxylation sites is 2. The molecular weight excluding hydrogens is 530 g/mol. The number of carbonyl (C=O) groups is 2. The van der Waals surface area contributed by atoms with E-state index in [1.54, 1.807) is 36.4 Å². The van der Waals surface area contributed by atoms with Gasteiger partial charge in [-0.1, -0.05) is 30.3 Å². The molecule has 5 aromatic rings. The van der Waals surface area contributed by atoms with Gasteiger partial charge in [-0.15, -0.1) is 0 Å². The number of nitrogens with one attached hydrogen (secondary N) is 2. The lowest BCUT2D eigenvalue weighted by Gasteiger charge is -2.28. The molecule has 1 saturated heterocycles. The van der Waals surface area contributed by atoms with E-state index in [0.29, 0.717) is 22.3 Å². The van der Waals surface area contributed by atoms with Crippen LogP contribution in [0.5, 0.6) is 5.88 Å². The third kappa shape index (κ3) is 5.77. The molecular formula is C33H29N5O4. The van der Waals surface area contributed by atoms with E-state index < -0.39 is 11.8 Å². The number of amides is 2. The topological polar surface area (TPSA) is 117 Å². The minimum absolute atomic E-state index is 0.150. The van der Waals surface area contributed by atoms with Crippen LogP contribution in [-0.4, -0.2) is 53.2 Å². The van der Waals surface area contributed by atoms with Gasteiger partial charge in [0.1, 0.15) is 0 Å². The molecule has 0 aliphatic carbocycles. The van der Waals surface area contributed by atoms with Crippen molar-refractivity contribution in [1.29, 1.82) is 0 Å². The fraction of sp³-hybridized carbons (Fsp3) is 0.152. The van der Waals surface area contributed by atoms with Gasteiger partial charge in [0.15, 0.2) is 5.69 Å². The number of nitrogens with zero attached hydrogens (tertiary/aromatic N) is 3. The summed E-state index contributed by atoms with van der Waals surface area (Å²) in [4.78, 5) is 36.5. The highest BCUT2D eigenvalue weighted by Gasteiger charge is 2.17. The monoisotopic (exact) mass is 559 g/mol. The van der Waals surface area contributed by atoms with E-state index in [1.807, 2.05) is 61.5 Å². The van der Waals surface area contributed by atoms with Crippen LogP contribution in [0.1, 0.15) is 26.4 Å². The second-order valence-electron chi connectivity index (χ2n) is 10.0. The van der Waals surface area contributed by atoms with Crippen molar-refractivity contribution in [3.8, 4) is 17.0 Å². The molecule has 2 heterocycles. The molecule has 9 heteroatoms. The van der Waals surface area contributed by atoms with Crippen LogP contribution in [0, 0.1) is 6.92 Å². The Morgan fingerprint density at radius 1 is 0.786 bits per heavy atom. The van der Waals surface area contributed by atoms with Gasteiger partial charge in [-0.3, -0.25) is 9.59 Å². The molecule has 0 unspecified atom stereocenters. The number of hydrogen-bond acceptors (Lipinski definition) is 7. The summed E-state index contributed by atoms with van der Waals surface area (Å²) in [5.41, 5.74) is 6.57. The Bertz CT molecular complexity index is 1760. The molecule has 1 aromatic heterocycles. The Morgan fingerprint density at radius 2 is 1.40 bits per heavy atom. The third-order valence-electron chi connectivity index (χ3n) is 7.22. The second kappa shape index (κ2) is 11.7. The van der Waals surface area contributed by atoms with Crippen molar-refractivity contribution in [3.63, 3.8) is 0 Å². The van der Waals surface area contributed by atoms with Gasteiger partial charge in [0.25, 0.3) is 11.8 Å². The van der Waals surface area contributed by atoms with E-state index in [-0.39, 0.29) is 11.6 Å². The van der Waals surface area contributed by atoms with E-state index >= 15 is 0 Å². The van der Waals surface area contributed by atoms with E-state index in [2.05, 4.69) is 25.5 Å². The van der Waals surface area contributed by atoms with E-state index in [9.17, 15) is 14.7 Å². The molecule has 1 aliphatic rings. The van der Waals surface area contributed by atoms with Gasteiger partial charge in [-0.2, -0.15) is 0 Å². The summed E-state index contributed by atoms with van der Waals surface area (Å²) >= 11 is 0. The number of aryl methyl sites for hydroxylation is 1. The summed E-state index contributed by atoms with van der Waals surface area (Å²) in [6, 6.07) is 27.7. The van der Waals surface area contributed by atoms with Crippen molar-refractivity contribution < 1.29 is 19.4 Å².